The van der Waals surface area contributed by atoms with Crippen LogP contribution in [0.2, 0.25) is 0 Å². The molecule has 1 unspecified atom stereocenters. The van der Waals surface area contributed by atoms with Crippen molar-refractivity contribution in [2.24, 2.45) is 12.2 Å². The summed E-state index contributed by atoms with van der Waals surface area (Å²) in [5, 5.41) is 8.36. The highest BCUT2D eigenvalue weighted by Gasteiger charge is 2.14. The molecule has 0 saturated carbocycles. The number of para-hydroxylation sites is 1. The van der Waals surface area contributed by atoms with Gasteiger partial charge >= 0.3 is 0 Å². The van der Waals surface area contributed by atoms with E-state index in [0.29, 0.717) is 23.8 Å². The summed E-state index contributed by atoms with van der Waals surface area (Å²) in [4.78, 5) is 5.36. The number of benzene rings is 2. The van der Waals surface area contributed by atoms with Crippen LogP contribution in [-0.2, 0) is 11.9 Å². The first kappa shape index (κ1) is 19.4. The molecule has 6 nitrogen and oxygen atoms in total. The molecule has 0 saturated heterocycles. The molecular weight excluding hydrogens is 361 g/mol. The van der Waals surface area contributed by atoms with Crippen molar-refractivity contribution in [2.45, 2.75) is 20.0 Å². The van der Waals surface area contributed by atoms with E-state index in [-0.39, 0.29) is 11.9 Å². The number of hydrogen-bond donors (Lipinski definition) is 0. The first-order valence-corrected chi connectivity index (χ1v) is 8.87. The largest absolute Gasteiger partial charge is 0.487 e. The second-order valence-electron chi connectivity index (χ2n) is 6.26. The van der Waals surface area contributed by atoms with Crippen molar-refractivity contribution in [3.63, 3.8) is 0 Å². The Kier molecular flexibility index (Phi) is 6.26. The maximum Gasteiger partial charge on any atom is 0.226 e. The normalized spacial score (nSPS) is 12.1. The third-order valence-electron chi connectivity index (χ3n) is 3.89. The minimum absolute atomic E-state index is 0.163. The third-order valence-corrected chi connectivity index (χ3v) is 3.89. The number of halogens is 1. The van der Waals surface area contributed by atoms with E-state index >= 15 is 0 Å². The molecule has 0 aliphatic heterocycles. The molecule has 28 heavy (non-hydrogen) atoms. The first-order chi connectivity index (χ1) is 13.5. The van der Waals surface area contributed by atoms with Crippen LogP contribution in [-0.4, -0.2) is 28.7 Å². The SMILES string of the molecule is Cc1nn(C)c(Oc2ccc(F)cc2)c1C=NOCC(C)Oc1ccccc1. The molecule has 0 aliphatic rings. The Labute approximate surface area is 163 Å². The number of aryl methyl sites for hydroxylation is 2. The standard InChI is InChI=1S/C21H22FN3O3/c1-15(27-18-7-5-4-6-8-18)14-26-23-13-20-16(2)24-25(3)21(20)28-19-11-9-17(22)10-12-19/h4-13,15H,14H2,1-3H3. The summed E-state index contributed by atoms with van der Waals surface area (Å²) in [6.45, 7) is 4.04. The van der Waals surface area contributed by atoms with Crippen molar-refractivity contribution in [1.82, 2.24) is 9.78 Å². The second-order valence-corrected chi connectivity index (χ2v) is 6.26. The molecule has 3 aromatic rings. The lowest BCUT2D eigenvalue weighted by Crippen LogP contribution is -2.17. The van der Waals surface area contributed by atoms with E-state index in [1.54, 1.807) is 30.1 Å². The number of rotatable bonds is 8. The van der Waals surface area contributed by atoms with Crippen LogP contribution >= 0.6 is 0 Å². The lowest BCUT2D eigenvalue weighted by atomic mass is 10.3. The topological polar surface area (TPSA) is 57.9 Å². The Morgan fingerprint density at radius 3 is 2.54 bits per heavy atom. The fraction of sp³-hybridized carbons (Fsp3) is 0.238. The number of ether oxygens (including phenoxy) is 2. The molecule has 0 spiro atoms. The van der Waals surface area contributed by atoms with Crippen molar-refractivity contribution in [3.8, 4) is 17.4 Å². The zero-order valence-corrected chi connectivity index (χ0v) is 16.0. The highest BCUT2D eigenvalue weighted by atomic mass is 19.1. The highest BCUT2D eigenvalue weighted by Crippen LogP contribution is 2.26. The van der Waals surface area contributed by atoms with Crippen molar-refractivity contribution in [1.29, 1.82) is 0 Å². The molecule has 0 N–H and O–H groups in total. The van der Waals surface area contributed by atoms with Gasteiger partial charge in [0.1, 0.15) is 23.4 Å². The lowest BCUT2D eigenvalue weighted by molar-refractivity contribution is 0.0638. The molecule has 2 aromatic carbocycles. The maximum absolute atomic E-state index is 13.1. The van der Waals surface area contributed by atoms with E-state index in [2.05, 4.69) is 10.3 Å². The van der Waals surface area contributed by atoms with Crippen molar-refractivity contribution in [3.05, 3.63) is 71.7 Å². The Hall–Kier alpha value is -3.35. The molecular formula is C21H22FN3O3. The van der Waals surface area contributed by atoms with Gasteiger partial charge in [-0.05, 0) is 50.2 Å². The summed E-state index contributed by atoms with van der Waals surface area (Å²) in [6.07, 6.45) is 1.39. The van der Waals surface area contributed by atoms with Crippen LogP contribution in [0, 0.1) is 12.7 Å². The van der Waals surface area contributed by atoms with Crippen LogP contribution in [0.25, 0.3) is 0 Å². The van der Waals surface area contributed by atoms with Gasteiger partial charge in [0, 0.05) is 7.05 Å². The lowest BCUT2D eigenvalue weighted by Gasteiger charge is -2.13. The summed E-state index contributed by atoms with van der Waals surface area (Å²) in [5.41, 5.74) is 1.42. The van der Waals surface area contributed by atoms with E-state index in [0.717, 1.165) is 11.4 Å². The summed E-state index contributed by atoms with van der Waals surface area (Å²) in [6, 6.07) is 15.3. The van der Waals surface area contributed by atoms with E-state index in [9.17, 15) is 4.39 Å². The minimum Gasteiger partial charge on any atom is -0.487 e. The molecule has 0 radical (unpaired) electrons. The number of hydrogen-bond acceptors (Lipinski definition) is 5. The van der Waals surface area contributed by atoms with Gasteiger partial charge in [-0.1, -0.05) is 23.4 Å². The number of oxime groups is 1. The smallest absolute Gasteiger partial charge is 0.226 e. The fourth-order valence-electron chi connectivity index (χ4n) is 2.54. The maximum atomic E-state index is 13.1. The van der Waals surface area contributed by atoms with Crippen LogP contribution in [0.3, 0.4) is 0 Å². The summed E-state index contributed by atoms with van der Waals surface area (Å²) >= 11 is 0. The van der Waals surface area contributed by atoms with Gasteiger partial charge in [-0.2, -0.15) is 5.10 Å². The van der Waals surface area contributed by atoms with Gasteiger partial charge in [-0.25, -0.2) is 9.07 Å². The summed E-state index contributed by atoms with van der Waals surface area (Å²) in [5.74, 6) is 1.45. The molecule has 0 amide bonds. The van der Waals surface area contributed by atoms with Crippen molar-refractivity contribution in [2.75, 3.05) is 6.61 Å². The number of aromatic nitrogens is 2. The molecule has 1 aromatic heterocycles. The van der Waals surface area contributed by atoms with Gasteiger partial charge in [-0.3, -0.25) is 0 Å². The predicted octanol–water partition coefficient (Wildman–Crippen LogP) is 4.48. The van der Waals surface area contributed by atoms with E-state index < -0.39 is 0 Å². The summed E-state index contributed by atoms with van der Waals surface area (Å²) < 4.78 is 26.2. The Morgan fingerprint density at radius 1 is 1.11 bits per heavy atom. The van der Waals surface area contributed by atoms with Gasteiger partial charge < -0.3 is 14.3 Å². The van der Waals surface area contributed by atoms with Gasteiger partial charge in [-0.15, -0.1) is 0 Å². The van der Waals surface area contributed by atoms with Crippen LogP contribution in [0.4, 0.5) is 4.39 Å². The molecule has 0 bridgehead atoms. The predicted molar refractivity (Wildman–Crippen MR) is 104 cm³/mol. The van der Waals surface area contributed by atoms with Gasteiger partial charge in [0.25, 0.3) is 0 Å². The van der Waals surface area contributed by atoms with Crippen molar-refractivity contribution < 1.29 is 18.7 Å². The average molecular weight is 383 g/mol. The van der Waals surface area contributed by atoms with Gasteiger partial charge in [0.15, 0.2) is 6.61 Å². The minimum atomic E-state index is -0.324. The van der Waals surface area contributed by atoms with Crippen LogP contribution in [0.5, 0.6) is 17.4 Å². The zero-order chi connectivity index (χ0) is 19.9. The fourth-order valence-corrected chi connectivity index (χ4v) is 2.54. The monoisotopic (exact) mass is 383 g/mol. The van der Waals surface area contributed by atoms with Gasteiger partial charge in [0.2, 0.25) is 5.88 Å². The molecule has 0 aliphatic carbocycles. The van der Waals surface area contributed by atoms with Crippen LogP contribution in [0.1, 0.15) is 18.2 Å². The average Bonchev–Trinajstić information content (AvgIpc) is 2.94. The third kappa shape index (κ3) is 5.09. The van der Waals surface area contributed by atoms with E-state index in [1.807, 2.05) is 44.2 Å². The quantitative estimate of drug-likeness (QED) is 0.425. The molecule has 3 rings (SSSR count). The zero-order valence-electron chi connectivity index (χ0n) is 16.0. The molecule has 7 heteroatoms. The van der Waals surface area contributed by atoms with E-state index in [1.165, 1.54) is 12.1 Å². The molecule has 0 fully saturated rings. The Bertz CT molecular complexity index is 924. The first-order valence-electron chi connectivity index (χ1n) is 8.87. The molecule has 1 heterocycles. The van der Waals surface area contributed by atoms with Crippen molar-refractivity contribution >= 4 is 6.21 Å². The molecule has 146 valence electrons. The Morgan fingerprint density at radius 2 is 1.82 bits per heavy atom. The van der Waals surface area contributed by atoms with Crippen LogP contribution < -0.4 is 9.47 Å². The van der Waals surface area contributed by atoms with E-state index in [4.69, 9.17) is 14.3 Å². The second kappa shape index (κ2) is 9.03. The number of nitrogens with zero attached hydrogens (tertiary/aromatic N) is 3. The van der Waals surface area contributed by atoms with Gasteiger partial charge in [0.05, 0.1) is 17.5 Å². The molecule has 1 atom stereocenters. The van der Waals surface area contributed by atoms with Crippen LogP contribution in [0.15, 0.2) is 59.8 Å². The Balaban J connectivity index is 1.61. The summed E-state index contributed by atoms with van der Waals surface area (Å²) in [7, 11) is 1.76. The highest BCUT2D eigenvalue weighted by molar-refractivity contribution is 5.84.